The summed E-state index contributed by atoms with van der Waals surface area (Å²) >= 11 is 0. The van der Waals surface area contributed by atoms with Crippen LogP contribution in [0.1, 0.15) is 5.56 Å². The SMILES string of the molecule is Fc1ccccc1-c1cncc2[nH]c(-c3n[nH]c4ccc(-c5cncc(OCc6ccccc6)c5)nc34)cc12. The first-order valence-electron chi connectivity index (χ1n) is 12.4. The molecule has 0 fully saturated rings. The van der Waals surface area contributed by atoms with Gasteiger partial charge in [0.25, 0.3) is 0 Å². The Morgan fingerprint density at radius 3 is 2.51 bits per heavy atom. The standard InChI is InChI=1S/C31H21FN6O/c32-25-9-5-4-8-22(25)24-16-34-17-29-23(24)13-28(35-29)31-30-27(37-38-31)11-10-26(36-30)20-12-21(15-33-14-20)39-18-19-6-2-1-3-7-19/h1-17,35H,18H2,(H,37,38). The van der Waals surface area contributed by atoms with Crippen molar-refractivity contribution < 1.29 is 9.13 Å². The fraction of sp³-hybridized carbons (Fsp3) is 0.0323. The molecule has 2 N–H and O–H groups in total. The molecular weight excluding hydrogens is 491 g/mol. The van der Waals surface area contributed by atoms with E-state index in [0.29, 0.717) is 34.7 Å². The van der Waals surface area contributed by atoms with E-state index in [1.807, 2.05) is 60.7 Å². The number of hydrogen-bond donors (Lipinski definition) is 2. The van der Waals surface area contributed by atoms with Crippen LogP contribution >= 0.6 is 0 Å². The molecule has 5 heterocycles. The highest BCUT2D eigenvalue weighted by atomic mass is 19.1. The number of halogens is 1. The summed E-state index contributed by atoms with van der Waals surface area (Å²) in [6.07, 6.45) is 6.86. The maximum atomic E-state index is 14.6. The van der Waals surface area contributed by atoms with E-state index < -0.39 is 0 Å². The summed E-state index contributed by atoms with van der Waals surface area (Å²) in [7, 11) is 0. The summed E-state index contributed by atoms with van der Waals surface area (Å²) in [6.45, 7) is 0.453. The predicted octanol–water partition coefficient (Wildman–Crippen LogP) is 6.95. The lowest BCUT2D eigenvalue weighted by Crippen LogP contribution is -1.96. The number of ether oxygens (including phenoxy) is 1. The van der Waals surface area contributed by atoms with Crippen molar-refractivity contribution >= 4 is 21.9 Å². The second-order valence-electron chi connectivity index (χ2n) is 9.16. The van der Waals surface area contributed by atoms with Crippen molar-refractivity contribution in [1.82, 2.24) is 30.1 Å². The van der Waals surface area contributed by atoms with Crippen molar-refractivity contribution in [1.29, 1.82) is 0 Å². The molecular formula is C31H21FN6O. The zero-order valence-electron chi connectivity index (χ0n) is 20.6. The van der Waals surface area contributed by atoms with E-state index in [1.165, 1.54) is 6.07 Å². The topological polar surface area (TPSA) is 92.4 Å². The molecule has 0 spiro atoms. The molecule has 0 saturated carbocycles. The Hall–Kier alpha value is -5.37. The third-order valence-electron chi connectivity index (χ3n) is 6.63. The van der Waals surface area contributed by atoms with Crippen LogP contribution in [0.5, 0.6) is 5.75 Å². The van der Waals surface area contributed by atoms with Gasteiger partial charge in [-0.25, -0.2) is 9.37 Å². The van der Waals surface area contributed by atoms with Crippen molar-refractivity contribution in [2.75, 3.05) is 0 Å². The van der Waals surface area contributed by atoms with Gasteiger partial charge in [-0.05, 0) is 35.9 Å². The van der Waals surface area contributed by atoms with Gasteiger partial charge >= 0.3 is 0 Å². The lowest BCUT2D eigenvalue weighted by Gasteiger charge is -2.08. The highest BCUT2D eigenvalue weighted by Crippen LogP contribution is 2.34. The van der Waals surface area contributed by atoms with Crippen LogP contribution in [0.4, 0.5) is 4.39 Å². The quantitative estimate of drug-likeness (QED) is 0.252. The Kier molecular flexibility index (Phi) is 5.55. The molecule has 0 saturated heterocycles. The van der Waals surface area contributed by atoms with Gasteiger partial charge in [0, 0.05) is 34.5 Å². The van der Waals surface area contributed by atoms with Crippen LogP contribution in [-0.4, -0.2) is 30.1 Å². The smallest absolute Gasteiger partial charge is 0.138 e. The van der Waals surface area contributed by atoms with Crippen LogP contribution in [0.3, 0.4) is 0 Å². The second kappa shape index (κ2) is 9.50. The van der Waals surface area contributed by atoms with Gasteiger partial charge in [-0.2, -0.15) is 5.10 Å². The average Bonchev–Trinajstić information content (AvgIpc) is 3.61. The maximum absolute atomic E-state index is 14.6. The molecule has 0 aliphatic rings. The molecule has 2 aromatic carbocycles. The van der Waals surface area contributed by atoms with Crippen molar-refractivity contribution in [2.24, 2.45) is 0 Å². The summed E-state index contributed by atoms with van der Waals surface area (Å²) in [5.74, 6) is 0.365. The Morgan fingerprint density at radius 1 is 0.769 bits per heavy atom. The Bertz CT molecular complexity index is 1950. The maximum Gasteiger partial charge on any atom is 0.138 e. The summed E-state index contributed by atoms with van der Waals surface area (Å²) in [5.41, 5.74) is 7.55. The van der Waals surface area contributed by atoms with Crippen LogP contribution in [0.2, 0.25) is 0 Å². The van der Waals surface area contributed by atoms with Crippen LogP contribution in [0.25, 0.3) is 55.7 Å². The first-order chi connectivity index (χ1) is 19.2. The summed E-state index contributed by atoms with van der Waals surface area (Å²) in [6, 6.07) is 24.4. The minimum atomic E-state index is -0.297. The van der Waals surface area contributed by atoms with Gasteiger partial charge < -0.3 is 9.72 Å². The number of hydrogen-bond acceptors (Lipinski definition) is 5. The van der Waals surface area contributed by atoms with Crippen molar-refractivity contribution in [2.45, 2.75) is 6.61 Å². The van der Waals surface area contributed by atoms with E-state index in [2.05, 4.69) is 25.1 Å². The number of aromatic nitrogens is 6. The molecule has 7 rings (SSSR count). The second-order valence-corrected chi connectivity index (χ2v) is 9.16. The number of pyridine rings is 3. The van der Waals surface area contributed by atoms with Gasteiger partial charge in [-0.3, -0.25) is 15.1 Å². The lowest BCUT2D eigenvalue weighted by molar-refractivity contribution is 0.305. The molecule has 8 heteroatoms. The summed E-state index contributed by atoms with van der Waals surface area (Å²) in [5, 5.41) is 8.46. The largest absolute Gasteiger partial charge is 0.487 e. The van der Waals surface area contributed by atoms with E-state index in [0.717, 1.165) is 38.9 Å². The molecule has 0 bridgehead atoms. The third kappa shape index (κ3) is 4.27. The molecule has 0 radical (unpaired) electrons. The molecule has 5 aromatic heterocycles. The van der Waals surface area contributed by atoms with E-state index in [1.54, 1.807) is 36.9 Å². The molecule has 0 unspecified atom stereocenters. The molecule has 39 heavy (non-hydrogen) atoms. The van der Waals surface area contributed by atoms with Crippen LogP contribution in [0, 0.1) is 5.82 Å². The minimum absolute atomic E-state index is 0.297. The highest BCUT2D eigenvalue weighted by molar-refractivity contribution is 6.00. The number of benzene rings is 2. The fourth-order valence-electron chi connectivity index (χ4n) is 4.70. The Labute approximate surface area is 222 Å². The van der Waals surface area contributed by atoms with Crippen LogP contribution < -0.4 is 4.74 Å². The van der Waals surface area contributed by atoms with Gasteiger partial charge in [0.05, 0.1) is 34.8 Å². The van der Waals surface area contributed by atoms with E-state index >= 15 is 0 Å². The number of nitrogens with zero attached hydrogens (tertiary/aromatic N) is 4. The molecule has 7 nitrogen and oxygen atoms in total. The molecule has 0 aliphatic carbocycles. The number of rotatable bonds is 6. The van der Waals surface area contributed by atoms with Crippen molar-refractivity contribution in [3.8, 4) is 39.5 Å². The summed E-state index contributed by atoms with van der Waals surface area (Å²) in [4.78, 5) is 17.0. The van der Waals surface area contributed by atoms with Gasteiger partial charge in [0.15, 0.2) is 0 Å². The molecule has 0 atom stereocenters. The van der Waals surface area contributed by atoms with Crippen LogP contribution in [-0.2, 0) is 6.61 Å². The number of nitrogens with one attached hydrogen (secondary N) is 2. The lowest BCUT2D eigenvalue weighted by atomic mass is 10.0. The normalized spacial score (nSPS) is 11.3. The van der Waals surface area contributed by atoms with E-state index in [4.69, 9.17) is 9.72 Å². The first kappa shape index (κ1) is 22.8. The number of H-pyrrole nitrogens is 2. The monoisotopic (exact) mass is 512 g/mol. The van der Waals surface area contributed by atoms with Gasteiger partial charge in [0.1, 0.15) is 29.4 Å². The first-order valence-corrected chi connectivity index (χ1v) is 12.4. The fourth-order valence-corrected chi connectivity index (χ4v) is 4.70. The molecule has 188 valence electrons. The van der Waals surface area contributed by atoms with Crippen LogP contribution in [0.15, 0.2) is 104 Å². The molecule has 0 aliphatic heterocycles. The Morgan fingerprint density at radius 2 is 1.62 bits per heavy atom. The summed E-state index contributed by atoms with van der Waals surface area (Å²) < 4.78 is 20.5. The number of fused-ring (bicyclic) bond motifs is 2. The predicted molar refractivity (Wildman–Crippen MR) is 148 cm³/mol. The zero-order chi connectivity index (χ0) is 26.2. The molecule has 0 amide bonds. The van der Waals surface area contributed by atoms with Crippen molar-refractivity contribution in [3.63, 3.8) is 0 Å². The highest BCUT2D eigenvalue weighted by Gasteiger charge is 2.17. The van der Waals surface area contributed by atoms with Gasteiger partial charge in [-0.15, -0.1) is 0 Å². The van der Waals surface area contributed by atoms with E-state index in [9.17, 15) is 4.39 Å². The Balaban J connectivity index is 1.25. The minimum Gasteiger partial charge on any atom is -0.487 e. The number of aromatic amines is 2. The molecule has 7 aromatic rings. The van der Waals surface area contributed by atoms with Gasteiger partial charge in [-0.1, -0.05) is 48.5 Å². The van der Waals surface area contributed by atoms with Crippen molar-refractivity contribution in [3.05, 3.63) is 115 Å². The third-order valence-corrected chi connectivity index (χ3v) is 6.63. The zero-order valence-corrected chi connectivity index (χ0v) is 20.6. The average molecular weight is 513 g/mol. The van der Waals surface area contributed by atoms with Gasteiger partial charge in [0.2, 0.25) is 0 Å². The van der Waals surface area contributed by atoms with E-state index in [-0.39, 0.29) is 5.82 Å².